The summed E-state index contributed by atoms with van der Waals surface area (Å²) < 4.78 is 10.2. The minimum absolute atomic E-state index is 0.0494. The highest BCUT2D eigenvalue weighted by molar-refractivity contribution is 6.11. The third-order valence-electron chi connectivity index (χ3n) is 6.54. The Balaban J connectivity index is 2.00. The fourth-order valence-corrected chi connectivity index (χ4v) is 4.27. The number of esters is 1. The van der Waals surface area contributed by atoms with Crippen LogP contribution >= 0.6 is 0 Å². The molecule has 46 heavy (non-hydrogen) atoms. The Kier molecular flexibility index (Phi) is 11.8. The van der Waals surface area contributed by atoms with Crippen LogP contribution in [0.25, 0.3) is 11.1 Å². The molecule has 0 radical (unpaired) electrons. The third kappa shape index (κ3) is 9.46. The zero-order valence-electron chi connectivity index (χ0n) is 26.7. The molecule has 244 valence electrons. The van der Waals surface area contributed by atoms with Crippen LogP contribution in [0.15, 0.2) is 65.7 Å². The second-order valence-corrected chi connectivity index (χ2v) is 11.9. The molecule has 3 aromatic carbocycles. The molecule has 0 saturated carbocycles. The van der Waals surface area contributed by atoms with Gasteiger partial charge < -0.3 is 36.1 Å². The average molecular weight is 633 g/mol. The Morgan fingerprint density at radius 3 is 2.09 bits per heavy atom. The number of methoxy groups -OCH3 is 1. The molecule has 0 saturated heterocycles. The number of nitrogens with zero attached hydrogens (tertiary/aromatic N) is 1. The van der Waals surface area contributed by atoms with Crippen LogP contribution in [0, 0.1) is 5.92 Å². The maximum Gasteiger partial charge on any atom is 0.436 e. The van der Waals surface area contributed by atoms with Gasteiger partial charge in [0.2, 0.25) is 0 Å². The van der Waals surface area contributed by atoms with Crippen molar-refractivity contribution >= 4 is 35.4 Å². The van der Waals surface area contributed by atoms with Crippen LogP contribution in [0.1, 0.15) is 82.9 Å². The first-order chi connectivity index (χ1) is 21.6. The molecule has 6 N–H and O–H groups in total. The lowest BCUT2D eigenvalue weighted by atomic mass is 9.91. The van der Waals surface area contributed by atoms with Crippen molar-refractivity contribution < 1.29 is 38.9 Å². The van der Waals surface area contributed by atoms with Crippen molar-refractivity contribution in [1.29, 1.82) is 0 Å². The smallest absolute Gasteiger partial charge is 0.436 e. The largest absolute Gasteiger partial charge is 0.465 e. The van der Waals surface area contributed by atoms with E-state index in [1.807, 2.05) is 13.8 Å². The van der Waals surface area contributed by atoms with Gasteiger partial charge in [0.15, 0.2) is 0 Å². The van der Waals surface area contributed by atoms with Gasteiger partial charge >= 0.3 is 12.1 Å². The van der Waals surface area contributed by atoms with Crippen LogP contribution < -0.4 is 16.4 Å². The van der Waals surface area contributed by atoms with Crippen LogP contribution in [0.3, 0.4) is 0 Å². The molecule has 0 spiro atoms. The number of aliphatic imine (C=N–C) groups is 1. The molecule has 3 amide bonds. The molecule has 1 atom stereocenters. The van der Waals surface area contributed by atoms with Gasteiger partial charge in [-0.15, -0.1) is 0 Å². The normalized spacial score (nSPS) is 12.3. The number of nitrogens with one attached hydrogen (secondary N) is 2. The molecule has 12 heteroatoms. The Morgan fingerprint density at radius 1 is 0.891 bits per heavy atom. The van der Waals surface area contributed by atoms with E-state index in [0.29, 0.717) is 28.9 Å². The highest BCUT2D eigenvalue weighted by atomic mass is 16.6. The van der Waals surface area contributed by atoms with Crippen molar-refractivity contribution in [3.63, 3.8) is 0 Å². The number of amides is 3. The van der Waals surface area contributed by atoms with Crippen molar-refractivity contribution in [2.75, 3.05) is 25.6 Å². The van der Waals surface area contributed by atoms with Gasteiger partial charge in [0.1, 0.15) is 17.5 Å². The summed E-state index contributed by atoms with van der Waals surface area (Å²) in [5.74, 6) is -1.54. The number of benzene rings is 3. The van der Waals surface area contributed by atoms with Gasteiger partial charge in [-0.3, -0.25) is 9.59 Å². The Labute approximate surface area is 267 Å². The minimum Gasteiger partial charge on any atom is -0.465 e. The van der Waals surface area contributed by atoms with Crippen LogP contribution in [0.2, 0.25) is 0 Å². The second-order valence-electron chi connectivity index (χ2n) is 11.9. The molecule has 1 unspecified atom stereocenters. The molecule has 0 fully saturated rings. The molecule has 0 heterocycles. The topological polar surface area (TPSA) is 190 Å². The van der Waals surface area contributed by atoms with Gasteiger partial charge in [-0.05, 0) is 85.8 Å². The van der Waals surface area contributed by atoms with E-state index < -0.39 is 36.3 Å². The molecule has 0 aromatic heterocycles. The second kappa shape index (κ2) is 15.3. The van der Waals surface area contributed by atoms with E-state index in [4.69, 9.17) is 15.2 Å². The average Bonchev–Trinajstić information content (AvgIpc) is 3.01. The molecule has 0 aliphatic heterocycles. The number of amidine groups is 1. The van der Waals surface area contributed by atoms with Crippen molar-refractivity contribution in [3.05, 3.63) is 88.5 Å². The lowest BCUT2D eigenvalue weighted by molar-refractivity contribution is 0.0592. The van der Waals surface area contributed by atoms with Crippen LogP contribution in [-0.4, -0.2) is 65.8 Å². The SMILES string of the molecule is COC(=O)c1cc(C(=O)NCC(C)C)ccc1-c1ccc(C(O)CO)cc1C(=O)Nc1ccc(C(N)=NC(=O)OC(C)(C)C)cc1. The van der Waals surface area contributed by atoms with Gasteiger partial charge in [-0.25, -0.2) is 9.59 Å². The first-order valence-corrected chi connectivity index (χ1v) is 14.6. The molecule has 0 bridgehead atoms. The maximum absolute atomic E-state index is 13.7. The predicted molar refractivity (Wildman–Crippen MR) is 174 cm³/mol. The number of aliphatic hydroxyl groups excluding tert-OH is 2. The molecular formula is C34H40N4O8. The lowest BCUT2D eigenvalue weighted by Crippen LogP contribution is -2.27. The van der Waals surface area contributed by atoms with E-state index in [9.17, 15) is 29.4 Å². The first kappa shape index (κ1) is 35.4. The van der Waals surface area contributed by atoms with E-state index in [1.165, 1.54) is 31.4 Å². The van der Waals surface area contributed by atoms with E-state index in [0.717, 1.165) is 0 Å². The summed E-state index contributed by atoms with van der Waals surface area (Å²) in [6.45, 7) is 8.89. The summed E-state index contributed by atoms with van der Waals surface area (Å²) in [7, 11) is 1.21. The number of nitrogens with two attached hydrogens (primary N) is 1. The van der Waals surface area contributed by atoms with Crippen molar-refractivity contribution in [3.8, 4) is 11.1 Å². The minimum atomic E-state index is -1.26. The maximum atomic E-state index is 13.7. The fraction of sp³-hybridized carbons (Fsp3) is 0.324. The first-order valence-electron chi connectivity index (χ1n) is 14.6. The number of hydrogen-bond donors (Lipinski definition) is 5. The summed E-state index contributed by atoms with van der Waals surface area (Å²) in [5.41, 5.74) is 7.25. The Morgan fingerprint density at radius 2 is 1.50 bits per heavy atom. The lowest BCUT2D eigenvalue weighted by Gasteiger charge is -2.17. The predicted octanol–water partition coefficient (Wildman–Crippen LogP) is 4.44. The number of carbonyl (C=O) groups is 4. The molecule has 0 aliphatic rings. The monoisotopic (exact) mass is 632 g/mol. The molecule has 3 aromatic rings. The zero-order valence-corrected chi connectivity index (χ0v) is 26.7. The van der Waals surface area contributed by atoms with Gasteiger partial charge in [-0.2, -0.15) is 4.99 Å². The van der Waals surface area contributed by atoms with E-state index in [-0.39, 0.29) is 39.9 Å². The van der Waals surface area contributed by atoms with E-state index in [2.05, 4.69) is 15.6 Å². The van der Waals surface area contributed by atoms with E-state index in [1.54, 1.807) is 57.2 Å². The number of rotatable bonds is 10. The standard InChI is InChI=1S/C34H40N4O8/c1-19(2)17-36-30(41)22-10-14-25(27(16-22)32(43)45-6)24-13-9-21(28(40)18-39)15-26(24)31(42)37-23-11-7-20(8-12-23)29(35)38-33(44)46-34(3,4)5/h7-16,19,28,39-40H,17-18H2,1-6H3,(H,36,41)(H,37,42)(H2,35,38,44). The highest BCUT2D eigenvalue weighted by Gasteiger charge is 2.23. The Hall–Kier alpha value is -5.07. The summed E-state index contributed by atoms with van der Waals surface area (Å²) >= 11 is 0. The van der Waals surface area contributed by atoms with Crippen LogP contribution in [0.5, 0.6) is 0 Å². The summed E-state index contributed by atoms with van der Waals surface area (Å²) in [4.78, 5) is 55.1. The highest BCUT2D eigenvalue weighted by Crippen LogP contribution is 2.32. The van der Waals surface area contributed by atoms with E-state index >= 15 is 0 Å². The molecule has 0 aliphatic carbocycles. The third-order valence-corrected chi connectivity index (χ3v) is 6.54. The van der Waals surface area contributed by atoms with Gasteiger partial charge in [-0.1, -0.05) is 32.0 Å². The van der Waals surface area contributed by atoms with Crippen molar-refractivity contribution in [2.24, 2.45) is 16.6 Å². The number of anilines is 1. The summed E-state index contributed by atoms with van der Waals surface area (Å²) in [6, 6.07) is 15.2. The molecular weight excluding hydrogens is 592 g/mol. The van der Waals surface area contributed by atoms with Crippen molar-refractivity contribution in [1.82, 2.24) is 5.32 Å². The Bertz CT molecular complexity index is 1630. The summed E-state index contributed by atoms with van der Waals surface area (Å²) in [5, 5.41) is 25.4. The number of aliphatic hydroxyl groups is 2. The molecule has 3 rings (SSSR count). The number of carbonyl (C=O) groups excluding carboxylic acids is 4. The number of hydrogen-bond acceptors (Lipinski definition) is 8. The van der Waals surface area contributed by atoms with Gasteiger partial charge in [0, 0.05) is 28.9 Å². The quantitative estimate of drug-likeness (QED) is 0.122. The van der Waals surface area contributed by atoms with Crippen LogP contribution in [-0.2, 0) is 9.47 Å². The summed E-state index contributed by atoms with van der Waals surface area (Å²) in [6.07, 6.45) is -2.10. The van der Waals surface area contributed by atoms with Crippen molar-refractivity contribution in [2.45, 2.75) is 46.3 Å². The van der Waals surface area contributed by atoms with Gasteiger partial charge in [0.05, 0.1) is 19.3 Å². The fourth-order valence-electron chi connectivity index (χ4n) is 4.27. The zero-order chi connectivity index (χ0) is 34.2. The van der Waals surface area contributed by atoms with Gasteiger partial charge in [0.25, 0.3) is 11.8 Å². The van der Waals surface area contributed by atoms with Crippen LogP contribution in [0.4, 0.5) is 10.5 Å². The number of ether oxygens (including phenoxy) is 2. The molecule has 12 nitrogen and oxygen atoms in total.